The van der Waals surface area contributed by atoms with Crippen molar-refractivity contribution >= 4 is 8.24 Å². The minimum absolute atomic E-state index is 1.16. The molecular formula is C14H31NSi. The largest absolute Gasteiger partial charge is 0.403 e. The molecular weight excluding hydrogens is 210 g/mol. The summed E-state index contributed by atoms with van der Waals surface area (Å²) < 4.78 is 2.74. The van der Waals surface area contributed by atoms with E-state index in [1.807, 2.05) is 0 Å². The number of nitrogens with zero attached hydrogens (tertiary/aromatic N) is 1. The third-order valence-electron chi connectivity index (χ3n) is 3.86. The minimum Gasteiger partial charge on any atom is -0.403 e. The fourth-order valence-corrected chi connectivity index (χ4v) is 6.16. The number of rotatable bonds is 9. The molecule has 0 heterocycles. The minimum atomic E-state index is -1.17. The second kappa shape index (κ2) is 8.86. The standard InChI is InChI=1S/C14H31NSi/c1-6-11-13-15(14-12-7-2)16(8-3,9-4)10-5/h11,13H,6-10,12,14H2,1-5H3. The molecule has 96 valence electrons. The lowest BCUT2D eigenvalue weighted by molar-refractivity contribution is 0.515. The Kier molecular flexibility index (Phi) is 8.72. The Balaban J connectivity index is 4.72. The molecule has 0 bridgehead atoms. The van der Waals surface area contributed by atoms with Gasteiger partial charge in [-0.15, -0.1) is 0 Å². The Hall–Kier alpha value is -0.243. The first kappa shape index (κ1) is 15.8. The number of allylic oxidation sites excluding steroid dienone is 1. The highest BCUT2D eigenvalue weighted by Crippen LogP contribution is 2.25. The zero-order valence-electron chi connectivity index (χ0n) is 12.1. The average molecular weight is 241 g/mol. The molecule has 0 fully saturated rings. The van der Waals surface area contributed by atoms with Gasteiger partial charge in [0.25, 0.3) is 0 Å². The van der Waals surface area contributed by atoms with Gasteiger partial charge in [0.1, 0.15) is 0 Å². The molecule has 0 aliphatic rings. The van der Waals surface area contributed by atoms with Crippen molar-refractivity contribution in [2.75, 3.05) is 6.54 Å². The molecule has 0 aliphatic heterocycles. The second-order valence-corrected chi connectivity index (χ2v) is 9.77. The topological polar surface area (TPSA) is 3.24 Å². The Morgan fingerprint density at radius 2 is 1.50 bits per heavy atom. The zero-order chi connectivity index (χ0) is 12.4. The Morgan fingerprint density at radius 3 is 1.88 bits per heavy atom. The van der Waals surface area contributed by atoms with Crippen LogP contribution in [0.5, 0.6) is 0 Å². The summed E-state index contributed by atoms with van der Waals surface area (Å²) in [7, 11) is -1.17. The first-order valence-electron chi connectivity index (χ1n) is 7.14. The van der Waals surface area contributed by atoms with Crippen LogP contribution in [0.4, 0.5) is 0 Å². The predicted octanol–water partition coefficient (Wildman–Crippen LogP) is 5.02. The Morgan fingerprint density at radius 1 is 0.938 bits per heavy atom. The van der Waals surface area contributed by atoms with Gasteiger partial charge in [-0.25, -0.2) is 0 Å². The Labute approximate surface area is 104 Å². The van der Waals surface area contributed by atoms with Crippen molar-refractivity contribution < 1.29 is 0 Å². The maximum atomic E-state index is 2.74. The van der Waals surface area contributed by atoms with Gasteiger partial charge in [0, 0.05) is 6.54 Å². The van der Waals surface area contributed by atoms with Gasteiger partial charge < -0.3 is 4.57 Å². The van der Waals surface area contributed by atoms with Crippen LogP contribution in [0.1, 0.15) is 53.9 Å². The van der Waals surface area contributed by atoms with E-state index in [2.05, 4.69) is 51.5 Å². The van der Waals surface area contributed by atoms with Gasteiger partial charge in [0.2, 0.25) is 0 Å². The molecule has 0 atom stereocenters. The fraction of sp³-hybridized carbons (Fsp3) is 0.857. The third-order valence-corrected chi connectivity index (χ3v) is 9.40. The first-order valence-corrected chi connectivity index (χ1v) is 9.70. The van der Waals surface area contributed by atoms with Crippen LogP contribution < -0.4 is 0 Å². The molecule has 0 aromatic carbocycles. The molecule has 1 nitrogen and oxygen atoms in total. The van der Waals surface area contributed by atoms with Crippen LogP contribution in [-0.2, 0) is 0 Å². The normalized spacial score (nSPS) is 12.3. The monoisotopic (exact) mass is 241 g/mol. The quantitative estimate of drug-likeness (QED) is 0.512. The summed E-state index contributed by atoms with van der Waals surface area (Å²) in [6.07, 6.45) is 8.53. The first-order chi connectivity index (χ1) is 7.70. The summed E-state index contributed by atoms with van der Waals surface area (Å²) in [5.41, 5.74) is 0. The molecule has 0 aromatic rings. The van der Waals surface area contributed by atoms with Crippen LogP contribution in [0.15, 0.2) is 12.3 Å². The average Bonchev–Trinajstić information content (AvgIpc) is 2.34. The molecule has 0 N–H and O–H groups in total. The Bertz CT molecular complexity index is 177. The lowest BCUT2D eigenvalue weighted by atomic mass is 10.3. The molecule has 0 amide bonds. The lowest BCUT2D eigenvalue weighted by Gasteiger charge is -2.40. The van der Waals surface area contributed by atoms with Crippen molar-refractivity contribution in [1.29, 1.82) is 0 Å². The lowest BCUT2D eigenvalue weighted by Crippen LogP contribution is -2.49. The zero-order valence-corrected chi connectivity index (χ0v) is 13.1. The summed E-state index contributed by atoms with van der Waals surface area (Å²) in [5, 5.41) is 0. The van der Waals surface area contributed by atoms with Crippen LogP contribution in [0.25, 0.3) is 0 Å². The highest BCUT2D eigenvalue weighted by molar-refractivity contribution is 6.77. The van der Waals surface area contributed by atoms with E-state index in [0.717, 1.165) is 6.42 Å². The summed E-state index contributed by atoms with van der Waals surface area (Å²) in [4.78, 5) is 0. The number of hydrogen-bond donors (Lipinski definition) is 0. The van der Waals surface area contributed by atoms with Crippen molar-refractivity contribution in [1.82, 2.24) is 4.57 Å². The van der Waals surface area contributed by atoms with E-state index in [0.29, 0.717) is 0 Å². The van der Waals surface area contributed by atoms with Crippen LogP contribution in [-0.4, -0.2) is 19.3 Å². The van der Waals surface area contributed by atoms with Crippen molar-refractivity contribution in [2.24, 2.45) is 0 Å². The highest BCUT2D eigenvalue weighted by atomic mass is 28.3. The van der Waals surface area contributed by atoms with Crippen molar-refractivity contribution in [3.05, 3.63) is 12.3 Å². The summed E-state index contributed by atoms with van der Waals surface area (Å²) in [6.45, 7) is 12.9. The summed E-state index contributed by atoms with van der Waals surface area (Å²) in [6, 6.07) is 4.16. The van der Waals surface area contributed by atoms with E-state index in [-0.39, 0.29) is 0 Å². The van der Waals surface area contributed by atoms with Crippen LogP contribution in [0.2, 0.25) is 18.1 Å². The molecule has 0 saturated heterocycles. The van der Waals surface area contributed by atoms with E-state index < -0.39 is 8.24 Å². The van der Waals surface area contributed by atoms with Crippen LogP contribution in [0, 0.1) is 0 Å². The van der Waals surface area contributed by atoms with Gasteiger partial charge in [-0.3, -0.25) is 0 Å². The third kappa shape index (κ3) is 4.32. The molecule has 0 radical (unpaired) electrons. The van der Waals surface area contributed by atoms with Crippen molar-refractivity contribution in [3.8, 4) is 0 Å². The maximum Gasteiger partial charge on any atom is 0.155 e. The van der Waals surface area contributed by atoms with E-state index in [9.17, 15) is 0 Å². The van der Waals surface area contributed by atoms with E-state index >= 15 is 0 Å². The van der Waals surface area contributed by atoms with Gasteiger partial charge in [-0.1, -0.05) is 47.1 Å². The fourth-order valence-electron chi connectivity index (χ4n) is 2.39. The second-order valence-electron chi connectivity index (χ2n) is 4.62. The molecule has 0 aliphatic carbocycles. The van der Waals surface area contributed by atoms with Gasteiger partial charge >= 0.3 is 0 Å². The van der Waals surface area contributed by atoms with Gasteiger partial charge in [-0.05, 0) is 37.2 Å². The van der Waals surface area contributed by atoms with Crippen LogP contribution in [0.3, 0.4) is 0 Å². The highest BCUT2D eigenvalue weighted by Gasteiger charge is 2.32. The van der Waals surface area contributed by atoms with Crippen LogP contribution >= 0.6 is 0 Å². The van der Waals surface area contributed by atoms with E-state index in [1.165, 1.54) is 37.5 Å². The predicted molar refractivity (Wildman–Crippen MR) is 78.2 cm³/mol. The van der Waals surface area contributed by atoms with Gasteiger partial charge in [0.15, 0.2) is 8.24 Å². The summed E-state index contributed by atoms with van der Waals surface area (Å²) in [5.74, 6) is 0. The maximum absolute atomic E-state index is 2.74. The number of unbranched alkanes of at least 4 members (excludes halogenated alkanes) is 1. The molecule has 0 saturated carbocycles. The molecule has 0 unspecified atom stereocenters. The van der Waals surface area contributed by atoms with Gasteiger partial charge in [-0.2, -0.15) is 0 Å². The SMILES string of the molecule is CCC=CN(CCCC)[Si](CC)(CC)CC. The molecule has 2 heteroatoms. The summed E-state index contributed by atoms with van der Waals surface area (Å²) >= 11 is 0. The molecule has 0 aromatic heterocycles. The van der Waals surface area contributed by atoms with E-state index in [4.69, 9.17) is 0 Å². The smallest absolute Gasteiger partial charge is 0.155 e. The van der Waals surface area contributed by atoms with Crippen molar-refractivity contribution in [3.63, 3.8) is 0 Å². The van der Waals surface area contributed by atoms with E-state index in [1.54, 1.807) is 0 Å². The van der Waals surface area contributed by atoms with Crippen molar-refractivity contribution in [2.45, 2.75) is 72.0 Å². The van der Waals surface area contributed by atoms with Gasteiger partial charge in [0.05, 0.1) is 0 Å². The molecule has 16 heavy (non-hydrogen) atoms. The molecule has 0 spiro atoms. The number of hydrogen-bond acceptors (Lipinski definition) is 1. The molecule has 0 rings (SSSR count).